The minimum atomic E-state index is -0.437. The van der Waals surface area contributed by atoms with Gasteiger partial charge in [-0.1, -0.05) is 0 Å². The van der Waals surface area contributed by atoms with E-state index in [1.54, 1.807) is 6.20 Å². The summed E-state index contributed by atoms with van der Waals surface area (Å²) in [4.78, 5) is 0. The molecule has 1 aromatic rings. The van der Waals surface area contributed by atoms with Crippen LogP contribution in [0.3, 0.4) is 0 Å². The molecule has 4 nitrogen and oxygen atoms in total. The smallest absolute Gasteiger partial charge is 0.0845 e. The number of aliphatic hydroxyl groups excluding tert-OH is 1. The Morgan fingerprint density at radius 2 is 2.60 bits per heavy atom. The SMILES string of the molecule is CCn1cc(C(O)CC2CCCO2)cn1. The second kappa shape index (κ2) is 4.77. The normalized spacial score (nSPS) is 23.2. The maximum atomic E-state index is 9.96. The summed E-state index contributed by atoms with van der Waals surface area (Å²) in [7, 11) is 0. The van der Waals surface area contributed by atoms with E-state index in [4.69, 9.17) is 4.74 Å². The summed E-state index contributed by atoms with van der Waals surface area (Å²) in [6.45, 7) is 3.71. The molecule has 4 heteroatoms. The molecule has 1 aliphatic heterocycles. The lowest BCUT2D eigenvalue weighted by molar-refractivity contribution is 0.0535. The molecule has 0 aromatic carbocycles. The van der Waals surface area contributed by atoms with Crippen LogP contribution in [-0.2, 0) is 11.3 Å². The molecule has 2 atom stereocenters. The van der Waals surface area contributed by atoms with Crippen molar-refractivity contribution in [3.63, 3.8) is 0 Å². The van der Waals surface area contributed by atoms with Crippen molar-refractivity contribution in [2.75, 3.05) is 6.61 Å². The highest BCUT2D eigenvalue weighted by molar-refractivity contribution is 5.08. The molecule has 1 fully saturated rings. The molecular weight excluding hydrogens is 192 g/mol. The third kappa shape index (κ3) is 2.58. The Bertz CT molecular complexity index is 305. The number of hydrogen-bond donors (Lipinski definition) is 1. The van der Waals surface area contributed by atoms with Gasteiger partial charge in [0.2, 0.25) is 0 Å². The van der Waals surface area contributed by atoms with E-state index >= 15 is 0 Å². The summed E-state index contributed by atoms with van der Waals surface area (Å²) in [5.41, 5.74) is 0.896. The van der Waals surface area contributed by atoms with Crippen LogP contribution in [0.4, 0.5) is 0 Å². The average molecular weight is 210 g/mol. The maximum Gasteiger partial charge on any atom is 0.0845 e. The molecule has 84 valence electrons. The molecule has 2 rings (SSSR count). The lowest BCUT2D eigenvalue weighted by Crippen LogP contribution is -2.10. The minimum Gasteiger partial charge on any atom is -0.388 e. The van der Waals surface area contributed by atoms with Crippen molar-refractivity contribution in [1.82, 2.24) is 9.78 Å². The van der Waals surface area contributed by atoms with Crippen molar-refractivity contribution in [3.05, 3.63) is 18.0 Å². The highest BCUT2D eigenvalue weighted by atomic mass is 16.5. The Morgan fingerprint density at radius 3 is 3.20 bits per heavy atom. The number of nitrogens with zero attached hydrogens (tertiary/aromatic N) is 2. The molecule has 1 aromatic heterocycles. The second-order valence-corrected chi connectivity index (χ2v) is 4.02. The average Bonchev–Trinajstić information content (AvgIpc) is 2.86. The van der Waals surface area contributed by atoms with Crippen LogP contribution in [0, 0.1) is 0 Å². The number of aryl methyl sites for hydroxylation is 1. The van der Waals surface area contributed by atoms with E-state index in [9.17, 15) is 5.11 Å². The van der Waals surface area contributed by atoms with Gasteiger partial charge in [0.25, 0.3) is 0 Å². The van der Waals surface area contributed by atoms with Crippen molar-refractivity contribution in [1.29, 1.82) is 0 Å². The molecule has 1 N–H and O–H groups in total. The quantitative estimate of drug-likeness (QED) is 0.819. The molecule has 0 saturated carbocycles. The Hall–Kier alpha value is -0.870. The van der Waals surface area contributed by atoms with Crippen molar-refractivity contribution in [3.8, 4) is 0 Å². The van der Waals surface area contributed by atoms with Gasteiger partial charge >= 0.3 is 0 Å². The standard InChI is InChI=1S/C11H18N2O2/c1-2-13-8-9(7-12-13)11(14)6-10-4-3-5-15-10/h7-8,10-11,14H,2-6H2,1H3. The first-order valence-electron chi connectivity index (χ1n) is 5.61. The van der Waals surface area contributed by atoms with Crippen LogP contribution >= 0.6 is 0 Å². The number of aromatic nitrogens is 2. The van der Waals surface area contributed by atoms with E-state index in [-0.39, 0.29) is 6.10 Å². The van der Waals surface area contributed by atoms with Gasteiger partial charge in [-0.2, -0.15) is 5.10 Å². The highest BCUT2D eigenvalue weighted by Gasteiger charge is 2.21. The number of rotatable bonds is 4. The summed E-state index contributed by atoms with van der Waals surface area (Å²) in [6.07, 6.45) is 6.31. The predicted octanol–water partition coefficient (Wildman–Crippen LogP) is 1.51. The first-order valence-corrected chi connectivity index (χ1v) is 5.61. The monoisotopic (exact) mass is 210 g/mol. The van der Waals surface area contributed by atoms with E-state index in [0.717, 1.165) is 31.6 Å². The molecule has 2 heterocycles. The van der Waals surface area contributed by atoms with Gasteiger partial charge < -0.3 is 9.84 Å². The summed E-state index contributed by atoms with van der Waals surface area (Å²) in [6, 6.07) is 0. The minimum absolute atomic E-state index is 0.227. The van der Waals surface area contributed by atoms with Crippen molar-refractivity contribution in [2.24, 2.45) is 0 Å². The number of aliphatic hydroxyl groups is 1. The van der Waals surface area contributed by atoms with Gasteiger partial charge in [-0.05, 0) is 19.8 Å². The summed E-state index contributed by atoms with van der Waals surface area (Å²) >= 11 is 0. The Morgan fingerprint density at radius 1 is 1.73 bits per heavy atom. The summed E-state index contributed by atoms with van der Waals surface area (Å²) < 4.78 is 7.32. The molecule has 0 aliphatic carbocycles. The Kier molecular flexibility index (Phi) is 3.38. The van der Waals surface area contributed by atoms with Gasteiger partial charge in [-0.15, -0.1) is 0 Å². The van der Waals surface area contributed by atoms with Crippen LogP contribution in [0.2, 0.25) is 0 Å². The van der Waals surface area contributed by atoms with E-state index in [1.165, 1.54) is 0 Å². The molecule has 0 bridgehead atoms. The van der Waals surface area contributed by atoms with Gasteiger partial charge in [0, 0.05) is 31.3 Å². The van der Waals surface area contributed by atoms with E-state index in [1.807, 2.05) is 17.8 Å². The topological polar surface area (TPSA) is 47.3 Å². The largest absolute Gasteiger partial charge is 0.388 e. The lowest BCUT2D eigenvalue weighted by Gasteiger charge is -2.13. The van der Waals surface area contributed by atoms with Gasteiger partial charge in [0.15, 0.2) is 0 Å². The zero-order chi connectivity index (χ0) is 10.7. The molecule has 1 saturated heterocycles. The van der Waals surface area contributed by atoms with Gasteiger partial charge in [-0.3, -0.25) is 4.68 Å². The fraction of sp³-hybridized carbons (Fsp3) is 0.727. The van der Waals surface area contributed by atoms with Gasteiger partial charge in [-0.25, -0.2) is 0 Å². The zero-order valence-electron chi connectivity index (χ0n) is 9.09. The van der Waals surface area contributed by atoms with E-state index < -0.39 is 6.10 Å². The second-order valence-electron chi connectivity index (χ2n) is 4.02. The highest BCUT2D eigenvalue weighted by Crippen LogP contribution is 2.24. The van der Waals surface area contributed by atoms with Crippen LogP contribution in [-0.4, -0.2) is 27.6 Å². The molecule has 2 unspecified atom stereocenters. The Labute approximate surface area is 89.9 Å². The predicted molar refractivity (Wildman–Crippen MR) is 56.5 cm³/mol. The van der Waals surface area contributed by atoms with Crippen LogP contribution in [0.1, 0.15) is 37.9 Å². The zero-order valence-corrected chi connectivity index (χ0v) is 9.09. The fourth-order valence-electron chi connectivity index (χ4n) is 1.94. The maximum absolute atomic E-state index is 9.96. The van der Waals surface area contributed by atoms with Crippen molar-refractivity contribution >= 4 is 0 Å². The third-order valence-corrected chi connectivity index (χ3v) is 2.87. The molecule has 0 radical (unpaired) electrons. The van der Waals surface area contributed by atoms with Crippen LogP contribution in [0.25, 0.3) is 0 Å². The first kappa shape index (κ1) is 10.6. The molecule has 0 spiro atoms. The van der Waals surface area contributed by atoms with E-state index in [0.29, 0.717) is 6.42 Å². The van der Waals surface area contributed by atoms with Crippen LogP contribution in [0.15, 0.2) is 12.4 Å². The van der Waals surface area contributed by atoms with Gasteiger partial charge in [0.1, 0.15) is 0 Å². The van der Waals surface area contributed by atoms with Gasteiger partial charge in [0.05, 0.1) is 18.4 Å². The lowest BCUT2D eigenvalue weighted by atomic mass is 10.1. The van der Waals surface area contributed by atoms with Crippen LogP contribution < -0.4 is 0 Å². The Balaban J connectivity index is 1.91. The number of ether oxygens (including phenoxy) is 1. The van der Waals surface area contributed by atoms with Crippen molar-refractivity contribution in [2.45, 2.75) is 44.9 Å². The molecule has 0 amide bonds. The summed E-state index contributed by atoms with van der Waals surface area (Å²) in [5.74, 6) is 0. The van der Waals surface area contributed by atoms with E-state index in [2.05, 4.69) is 5.10 Å². The first-order chi connectivity index (χ1) is 7.29. The summed E-state index contributed by atoms with van der Waals surface area (Å²) in [5, 5.41) is 14.1. The molecule has 15 heavy (non-hydrogen) atoms. The molecule has 1 aliphatic rings. The van der Waals surface area contributed by atoms with Crippen LogP contribution in [0.5, 0.6) is 0 Å². The number of hydrogen-bond acceptors (Lipinski definition) is 3. The third-order valence-electron chi connectivity index (χ3n) is 2.87. The molecular formula is C11H18N2O2. The van der Waals surface area contributed by atoms with Crippen molar-refractivity contribution < 1.29 is 9.84 Å². The fourth-order valence-corrected chi connectivity index (χ4v) is 1.94.